The Hall–Kier alpha value is -3.44. The minimum Gasteiger partial charge on any atom is -0.490 e. The lowest BCUT2D eigenvalue weighted by Gasteiger charge is -2.13. The minimum absolute atomic E-state index is 0.279. The molecule has 7 nitrogen and oxygen atoms in total. The highest BCUT2D eigenvalue weighted by atomic mass is 32.1. The summed E-state index contributed by atoms with van der Waals surface area (Å²) in [6, 6.07) is 15.1. The third kappa shape index (κ3) is 4.89. The number of nitrogens with one attached hydrogen (secondary N) is 1. The normalized spacial score (nSPS) is 10.8. The van der Waals surface area contributed by atoms with Crippen LogP contribution in [0.3, 0.4) is 0 Å². The Balaban J connectivity index is 1.81. The number of rotatable bonds is 8. The smallest absolute Gasteiger partial charge is 0.216 e. The van der Waals surface area contributed by atoms with Crippen molar-refractivity contribution in [2.75, 3.05) is 6.61 Å². The van der Waals surface area contributed by atoms with Crippen LogP contribution >= 0.6 is 12.2 Å². The molecule has 0 bridgehead atoms. The van der Waals surface area contributed by atoms with E-state index in [0.29, 0.717) is 34.9 Å². The van der Waals surface area contributed by atoms with Gasteiger partial charge in [0, 0.05) is 12.0 Å². The summed E-state index contributed by atoms with van der Waals surface area (Å²) in [5, 5.41) is 20.5. The van der Waals surface area contributed by atoms with Gasteiger partial charge in [-0.15, -0.1) is 0 Å². The first-order valence-corrected chi connectivity index (χ1v) is 9.65. The van der Waals surface area contributed by atoms with E-state index in [1.54, 1.807) is 17.0 Å². The van der Waals surface area contributed by atoms with Crippen molar-refractivity contribution in [3.05, 3.63) is 69.8 Å². The van der Waals surface area contributed by atoms with Gasteiger partial charge < -0.3 is 9.47 Å². The first-order chi connectivity index (χ1) is 14.2. The van der Waals surface area contributed by atoms with Crippen LogP contribution < -0.4 is 9.47 Å². The molecule has 2 aromatic carbocycles. The molecule has 0 atom stereocenters. The predicted octanol–water partition coefficient (Wildman–Crippen LogP) is 4.23. The monoisotopic (exact) mass is 407 g/mol. The lowest BCUT2D eigenvalue weighted by atomic mass is 10.1. The Morgan fingerprint density at radius 1 is 1.21 bits per heavy atom. The molecule has 0 aliphatic rings. The quantitative estimate of drug-likeness (QED) is 0.446. The van der Waals surface area contributed by atoms with E-state index in [0.717, 1.165) is 17.0 Å². The second-order valence-corrected chi connectivity index (χ2v) is 6.44. The van der Waals surface area contributed by atoms with Crippen LogP contribution in [0.15, 0.2) is 47.6 Å². The first kappa shape index (κ1) is 20.3. The highest BCUT2D eigenvalue weighted by Crippen LogP contribution is 2.29. The van der Waals surface area contributed by atoms with Gasteiger partial charge in [-0.1, -0.05) is 25.1 Å². The largest absolute Gasteiger partial charge is 0.490 e. The van der Waals surface area contributed by atoms with Gasteiger partial charge in [-0.2, -0.15) is 20.1 Å². The summed E-state index contributed by atoms with van der Waals surface area (Å²) >= 11 is 5.21. The second-order valence-electron chi connectivity index (χ2n) is 6.05. The van der Waals surface area contributed by atoms with Crippen molar-refractivity contribution in [3.8, 4) is 17.6 Å². The fraction of sp³-hybridized carbons (Fsp3) is 0.238. The summed E-state index contributed by atoms with van der Waals surface area (Å²) in [7, 11) is 0. The van der Waals surface area contributed by atoms with Crippen LogP contribution in [0.4, 0.5) is 0 Å². The van der Waals surface area contributed by atoms with E-state index in [-0.39, 0.29) is 6.61 Å². The highest BCUT2D eigenvalue weighted by molar-refractivity contribution is 7.71. The number of ether oxygens (including phenoxy) is 2. The molecule has 3 rings (SSSR count). The summed E-state index contributed by atoms with van der Waals surface area (Å²) in [5.74, 6) is 1.97. The van der Waals surface area contributed by atoms with Crippen molar-refractivity contribution < 1.29 is 9.47 Å². The van der Waals surface area contributed by atoms with Crippen molar-refractivity contribution in [3.63, 3.8) is 0 Å². The zero-order valence-corrected chi connectivity index (χ0v) is 17.1. The van der Waals surface area contributed by atoms with Crippen molar-refractivity contribution in [1.82, 2.24) is 14.9 Å². The maximum Gasteiger partial charge on any atom is 0.216 e. The van der Waals surface area contributed by atoms with E-state index < -0.39 is 0 Å². The van der Waals surface area contributed by atoms with Crippen LogP contribution in [0.5, 0.6) is 11.5 Å². The van der Waals surface area contributed by atoms with Crippen molar-refractivity contribution >= 4 is 18.4 Å². The lowest BCUT2D eigenvalue weighted by molar-refractivity contribution is 0.269. The molecule has 0 saturated heterocycles. The number of aromatic nitrogens is 3. The first-order valence-electron chi connectivity index (χ1n) is 9.24. The molecule has 1 aromatic heterocycles. The summed E-state index contributed by atoms with van der Waals surface area (Å²) < 4.78 is 13.7. The van der Waals surface area contributed by atoms with Crippen LogP contribution in [0.2, 0.25) is 0 Å². The van der Waals surface area contributed by atoms with Gasteiger partial charge in [0.25, 0.3) is 0 Å². The molecule has 3 aromatic rings. The maximum atomic E-state index is 9.22. The zero-order chi connectivity index (χ0) is 20.6. The molecular weight excluding hydrogens is 386 g/mol. The van der Waals surface area contributed by atoms with Crippen molar-refractivity contribution in [2.24, 2.45) is 5.10 Å². The molecular formula is C21H21N5O2S. The number of benzene rings is 2. The molecule has 0 amide bonds. The molecule has 1 N–H and O–H groups in total. The Bertz CT molecular complexity index is 1110. The molecule has 0 aliphatic carbocycles. The molecule has 0 fully saturated rings. The van der Waals surface area contributed by atoms with E-state index in [1.165, 1.54) is 0 Å². The second kappa shape index (κ2) is 9.66. The lowest BCUT2D eigenvalue weighted by Crippen LogP contribution is -2.02. The van der Waals surface area contributed by atoms with Gasteiger partial charge in [0.1, 0.15) is 6.61 Å². The molecule has 0 spiro atoms. The standard InChI is InChI=1S/C21H21N5O2S/c1-3-20-24-25-21(29)26(20)23-13-15-9-10-18(19(11-15)27-4-2)28-14-17-8-6-5-7-16(17)12-22/h5-11,13H,3-4,14H2,1-2H3,(H,25,29)/b23-13-. The molecule has 0 saturated carbocycles. The number of aromatic amines is 1. The van der Waals surface area contributed by atoms with E-state index >= 15 is 0 Å². The van der Waals surface area contributed by atoms with Gasteiger partial charge in [0.05, 0.1) is 24.5 Å². The van der Waals surface area contributed by atoms with Gasteiger partial charge in [0.15, 0.2) is 17.3 Å². The molecule has 148 valence electrons. The zero-order valence-electron chi connectivity index (χ0n) is 16.3. The fourth-order valence-electron chi connectivity index (χ4n) is 2.70. The Morgan fingerprint density at radius 2 is 2.03 bits per heavy atom. The van der Waals surface area contributed by atoms with Crippen LogP contribution in [-0.4, -0.2) is 27.7 Å². The van der Waals surface area contributed by atoms with Gasteiger partial charge in [0.2, 0.25) is 4.77 Å². The SMILES string of the molecule is CCOc1cc(/C=N\n2c(CC)n[nH]c2=S)ccc1OCc1ccccc1C#N. The number of aryl methyl sites for hydroxylation is 1. The number of hydrogen-bond donors (Lipinski definition) is 1. The Morgan fingerprint density at radius 3 is 2.79 bits per heavy atom. The third-order valence-corrected chi connectivity index (χ3v) is 4.41. The number of nitrogens with zero attached hydrogens (tertiary/aromatic N) is 4. The van der Waals surface area contributed by atoms with Gasteiger partial charge in [-0.05, 0) is 49.0 Å². The third-order valence-electron chi connectivity index (χ3n) is 4.14. The Labute approximate surface area is 174 Å². The van der Waals surface area contributed by atoms with Crippen LogP contribution in [0, 0.1) is 16.1 Å². The molecule has 8 heteroatoms. The van der Waals surface area contributed by atoms with Gasteiger partial charge >= 0.3 is 0 Å². The Kier molecular flexibility index (Phi) is 6.76. The molecule has 29 heavy (non-hydrogen) atoms. The molecule has 1 heterocycles. The van der Waals surface area contributed by atoms with Crippen molar-refractivity contribution in [1.29, 1.82) is 5.26 Å². The van der Waals surface area contributed by atoms with E-state index in [1.807, 2.05) is 50.2 Å². The average molecular weight is 407 g/mol. The van der Waals surface area contributed by atoms with Crippen molar-refractivity contribution in [2.45, 2.75) is 26.9 Å². The number of nitriles is 1. The van der Waals surface area contributed by atoms with Gasteiger partial charge in [-0.25, -0.2) is 0 Å². The minimum atomic E-state index is 0.279. The van der Waals surface area contributed by atoms with Crippen LogP contribution in [0.1, 0.15) is 36.4 Å². The molecule has 0 aliphatic heterocycles. The molecule has 0 unspecified atom stereocenters. The summed E-state index contributed by atoms with van der Waals surface area (Å²) in [6.07, 6.45) is 2.41. The van der Waals surface area contributed by atoms with Gasteiger partial charge in [-0.3, -0.25) is 5.10 Å². The highest BCUT2D eigenvalue weighted by Gasteiger charge is 2.09. The van der Waals surface area contributed by atoms with E-state index in [2.05, 4.69) is 21.4 Å². The fourth-order valence-corrected chi connectivity index (χ4v) is 2.90. The number of hydrogen-bond acceptors (Lipinski definition) is 6. The average Bonchev–Trinajstić information content (AvgIpc) is 3.11. The van der Waals surface area contributed by atoms with E-state index in [9.17, 15) is 5.26 Å². The number of H-pyrrole nitrogens is 1. The molecule has 0 radical (unpaired) electrons. The van der Waals surface area contributed by atoms with E-state index in [4.69, 9.17) is 21.7 Å². The van der Waals surface area contributed by atoms with Crippen LogP contribution in [0.25, 0.3) is 0 Å². The topological polar surface area (TPSA) is 88.2 Å². The summed E-state index contributed by atoms with van der Waals surface area (Å²) in [4.78, 5) is 0. The maximum absolute atomic E-state index is 9.22. The summed E-state index contributed by atoms with van der Waals surface area (Å²) in [5.41, 5.74) is 2.26. The predicted molar refractivity (Wildman–Crippen MR) is 113 cm³/mol. The van der Waals surface area contributed by atoms with Crippen LogP contribution in [-0.2, 0) is 13.0 Å². The summed E-state index contributed by atoms with van der Waals surface area (Å²) in [6.45, 7) is 4.67.